The fourth-order valence-corrected chi connectivity index (χ4v) is 4.40. The molecular formula is C16H22N2OS. The summed E-state index contributed by atoms with van der Waals surface area (Å²) in [6, 6.07) is 6.36. The average molecular weight is 290 g/mol. The van der Waals surface area contributed by atoms with Crippen LogP contribution in [0, 0.1) is 0 Å². The van der Waals surface area contributed by atoms with E-state index in [1.807, 2.05) is 30.0 Å². The van der Waals surface area contributed by atoms with Crippen molar-refractivity contribution in [1.29, 1.82) is 0 Å². The molecule has 1 saturated carbocycles. The standard InChI is InChI=1S/C16H22N2OS/c1-2-20-15-5-3-4-14(15)18-16(19)12-6-7-13-11(10-12)8-9-17-13/h6-7,10,14-15,17H,2-5,8-9H2,1H3,(H,18,19). The highest BCUT2D eigenvalue weighted by Crippen LogP contribution is 2.30. The number of thioether (sulfide) groups is 1. The first-order valence-electron chi connectivity index (χ1n) is 7.57. The zero-order chi connectivity index (χ0) is 13.9. The van der Waals surface area contributed by atoms with Gasteiger partial charge in [0.2, 0.25) is 0 Å². The van der Waals surface area contributed by atoms with Crippen LogP contribution in [0.25, 0.3) is 0 Å². The highest BCUT2D eigenvalue weighted by atomic mass is 32.2. The molecule has 1 fully saturated rings. The lowest BCUT2D eigenvalue weighted by molar-refractivity contribution is 0.0938. The minimum absolute atomic E-state index is 0.0910. The Bertz CT molecular complexity index is 503. The molecule has 2 aliphatic rings. The van der Waals surface area contributed by atoms with Crippen LogP contribution in [0.4, 0.5) is 5.69 Å². The summed E-state index contributed by atoms with van der Waals surface area (Å²) in [6.07, 6.45) is 4.61. The summed E-state index contributed by atoms with van der Waals surface area (Å²) >= 11 is 1.98. The minimum atomic E-state index is 0.0910. The van der Waals surface area contributed by atoms with Gasteiger partial charge in [-0.05, 0) is 48.8 Å². The molecule has 0 radical (unpaired) electrons. The molecular weight excluding hydrogens is 268 g/mol. The molecule has 4 heteroatoms. The molecule has 1 aliphatic carbocycles. The summed E-state index contributed by atoms with van der Waals surface area (Å²) in [5.74, 6) is 1.22. The number of carbonyl (C=O) groups excluding carboxylic acids is 1. The lowest BCUT2D eigenvalue weighted by atomic mass is 10.1. The predicted octanol–water partition coefficient (Wildman–Crippen LogP) is 3.06. The Kier molecular flexibility index (Phi) is 4.20. The molecule has 1 amide bonds. The molecule has 1 heterocycles. The number of carbonyl (C=O) groups is 1. The van der Waals surface area contributed by atoms with Crippen molar-refractivity contribution in [2.45, 2.75) is 43.9 Å². The zero-order valence-corrected chi connectivity index (χ0v) is 12.8. The van der Waals surface area contributed by atoms with Crippen LogP contribution in [0.2, 0.25) is 0 Å². The summed E-state index contributed by atoms with van der Waals surface area (Å²) < 4.78 is 0. The van der Waals surface area contributed by atoms with Gasteiger partial charge in [-0.25, -0.2) is 0 Å². The van der Waals surface area contributed by atoms with Gasteiger partial charge in [-0.2, -0.15) is 11.8 Å². The van der Waals surface area contributed by atoms with E-state index in [4.69, 9.17) is 0 Å². The van der Waals surface area contributed by atoms with Gasteiger partial charge in [-0.1, -0.05) is 13.3 Å². The quantitative estimate of drug-likeness (QED) is 0.895. The number of benzene rings is 1. The zero-order valence-electron chi connectivity index (χ0n) is 11.9. The number of amides is 1. The third-order valence-electron chi connectivity index (χ3n) is 4.23. The first kappa shape index (κ1) is 13.8. The van der Waals surface area contributed by atoms with E-state index in [1.165, 1.54) is 24.1 Å². The second-order valence-corrected chi connectivity index (χ2v) is 7.07. The summed E-state index contributed by atoms with van der Waals surface area (Å²) in [7, 11) is 0. The highest BCUT2D eigenvalue weighted by molar-refractivity contribution is 7.99. The summed E-state index contributed by atoms with van der Waals surface area (Å²) in [5.41, 5.74) is 3.25. The van der Waals surface area contributed by atoms with Gasteiger partial charge in [0.25, 0.3) is 5.91 Å². The monoisotopic (exact) mass is 290 g/mol. The number of rotatable bonds is 4. The van der Waals surface area contributed by atoms with Gasteiger partial charge in [-0.3, -0.25) is 4.79 Å². The smallest absolute Gasteiger partial charge is 0.251 e. The van der Waals surface area contributed by atoms with Crippen LogP contribution >= 0.6 is 11.8 Å². The number of hydrogen-bond acceptors (Lipinski definition) is 3. The molecule has 2 unspecified atom stereocenters. The van der Waals surface area contributed by atoms with E-state index in [1.54, 1.807) is 0 Å². The molecule has 20 heavy (non-hydrogen) atoms. The van der Waals surface area contributed by atoms with Crippen LogP contribution in [-0.4, -0.2) is 29.5 Å². The Morgan fingerprint density at radius 3 is 3.20 bits per heavy atom. The van der Waals surface area contributed by atoms with Gasteiger partial charge in [0, 0.05) is 29.1 Å². The van der Waals surface area contributed by atoms with Crippen molar-refractivity contribution in [3.63, 3.8) is 0 Å². The molecule has 1 aromatic carbocycles. The number of nitrogens with one attached hydrogen (secondary N) is 2. The van der Waals surface area contributed by atoms with E-state index in [-0.39, 0.29) is 5.91 Å². The molecule has 1 aromatic rings. The third-order valence-corrected chi connectivity index (χ3v) is 5.55. The average Bonchev–Trinajstić information content (AvgIpc) is 3.07. The molecule has 0 spiro atoms. The van der Waals surface area contributed by atoms with Crippen LogP contribution in [0.15, 0.2) is 18.2 Å². The summed E-state index contributed by atoms with van der Waals surface area (Å²) in [6.45, 7) is 3.17. The molecule has 3 nitrogen and oxygen atoms in total. The van der Waals surface area contributed by atoms with E-state index < -0.39 is 0 Å². The van der Waals surface area contributed by atoms with Gasteiger partial charge in [0.15, 0.2) is 0 Å². The first-order chi connectivity index (χ1) is 9.78. The summed E-state index contributed by atoms with van der Waals surface area (Å²) in [5, 5.41) is 7.17. The number of anilines is 1. The van der Waals surface area contributed by atoms with Gasteiger partial charge >= 0.3 is 0 Å². The second-order valence-electron chi connectivity index (χ2n) is 5.55. The van der Waals surface area contributed by atoms with Crippen molar-refractivity contribution in [2.75, 3.05) is 17.6 Å². The maximum atomic E-state index is 12.4. The van der Waals surface area contributed by atoms with Gasteiger partial charge in [-0.15, -0.1) is 0 Å². The predicted molar refractivity (Wildman–Crippen MR) is 85.7 cm³/mol. The molecule has 108 valence electrons. The Hall–Kier alpha value is -1.16. The number of fused-ring (bicyclic) bond motifs is 1. The molecule has 0 aromatic heterocycles. The lowest BCUT2D eigenvalue weighted by Crippen LogP contribution is -2.38. The van der Waals surface area contributed by atoms with E-state index in [2.05, 4.69) is 17.6 Å². The fraction of sp³-hybridized carbons (Fsp3) is 0.562. The molecule has 0 bridgehead atoms. The maximum absolute atomic E-state index is 12.4. The van der Waals surface area contributed by atoms with E-state index in [9.17, 15) is 4.79 Å². The van der Waals surface area contributed by atoms with Crippen LogP contribution in [-0.2, 0) is 6.42 Å². The van der Waals surface area contributed by atoms with Crippen LogP contribution < -0.4 is 10.6 Å². The molecule has 1 aliphatic heterocycles. The lowest BCUT2D eigenvalue weighted by Gasteiger charge is -2.20. The van der Waals surface area contributed by atoms with Crippen molar-refractivity contribution >= 4 is 23.4 Å². The van der Waals surface area contributed by atoms with Crippen LogP contribution in [0.3, 0.4) is 0 Å². The number of hydrogen-bond donors (Lipinski definition) is 2. The highest BCUT2D eigenvalue weighted by Gasteiger charge is 2.28. The van der Waals surface area contributed by atoms with Gasteiger partial charge < -0.3 is 10.6 Å². The maximum Gasteiger partial charge on any atom is 0.251 e. The molecule has 2 N–H and O–H groups in total. The van der Waals surface area contributed by atoms with Crippen molar-refractivity contribution in [3.8, 4) is 0 Å². The summed E-state index contributed by atoms with van der Waals surface area (Å²) in [4.78, 5) is 12.4. The van der Waals surface area contributed by atoms with Crippen molar-refractivity contribution in [1.82, 2.24) is 5.32 Å². The minimum Gasteiger partial charge on any atom is -0.384 e. The Morgan fingerprint density at radius 2 is 2.35 bits per heavy atom. The fourth-order valence-electron chi connectivity index (χ4n) is 3.20. The normalized spacial score (nSPS) is 24.2. The van der Waals surface area contributed by atoms with Gasteiger partial charge in [0.05, 0.1) is 0 Å². The van der Waals surface area contributed by atoms with Crippen LogP contribution in [0.5, 0.6) is 0 Å². The Morgan fingerprint density at radius 1 is 1.45 bits per heavy atom. The molecule has 3 rings (SSSR count). The van der Waals surface area contributed by atoms with E-state index in [0.717, 1.165) is 30.7 Å². The van der Waals surface area contributed by atoms with Gasteiger partial charge in [0.1, 0.15) is 0 Å². The van der Waals surface area contributed by atoms with E-state index >= 15 is 0 Å². The Balaban J connectivity index is 1.67. The van der Waals surface area contributed by atoms with Crippen LogP contribution in [0.1, 0.15) is 42.1 Å². The van der Waals surface area contributed by atoms with E-state index in [0.29, 0.717) is 11.3 Å². The molecule has 2 atom stereocenters. The molecule has 0 saturated heterocycles. The van der Waals surface area contributed by atoms with Crippen molar-refractivity contribution in [2.24, 2.45) is 0 Å². The third kappa shape index (κ3) is 2.80. The largest absolute Gasteiger partial charge is 0.384 e. The SMILES string of the molecule is CCSC1CCCC1NC(=O)c1ccc2c(c1)CCN2. The second kappa shape index (κ2) is 6.08. The first-order valence-corrected chi connectivity index (χ1v) is 8.62. The Labute approximate surface area is 124 Å². The van der Waals surface area contributed by atoms with Crippen molar-refractivity contribution < 1.29 is 4.79 Å². The van der Waals surface area contributed by atoms with Crippen molar-refractivity contribution in [3.05, 3.63) is 29.3 Å². The topological polar surface area (TPSA) is 41.1 Å².